The SMILES string of the molecule is O=C(C1CCCCC1)N1CCN(C(=O)C2COCCN2)CC1. The summed E-state index contributed by atoms with van der Waals surface area (Å²) in [6, 6.07) is -0.214. The van der Waals surface area contributed by atoms with Crippen LogP contribution in [-0.4, -0.2) is 73.6 Å². The quantitative estimate of drug-likeness (QED) is 0.793. The molecule has 22 heavy (non-hydrogen) atoms. The predicted molar refractivity (Wildman–Crippen MR) is 82.3 cm³/mol. The first-order chi connectivity index (χ1) is 10.8. The molecule has 1 unspecified atom stereocenters. The maximum Gasteiger partial charge on any atom is 0.242 e. The molecule has 2 aliphatic heterocycles. The molecule has 6 heteroatoms. The molecule has 2 saturated heterocycles. The Bertz CT molecular complexity index is 357. The molecule has 3 fully saturated rings. The van der Waals surface area contributed by atoms with Crippen LogP contribution >= 0.6 is 0 Å². The van der Waals surface area contributed by atoms with Gasteiger partial charge in [-0.25, -0.2) is 0 Å². The van der Waals surface area contributed by atoms with Crippen molar-refractivity contribution in [2.75, 3.05) is 45.9 Å². The molecule has 0 aromatic rings. The van der Waals surface area contributed by atoms with Crippen molar-refractivity contribution in [3.05, 3.63) is 0 Å². The third-order valence-electron chi connectivity index (χ3n) is 5.08. The number of rotatable bonds is 2. The molecule has 3 aliphatic rings. The van der Waals surface area contributed by atoms with E-state index in [2.05, 4.69) is 5.32 Å². The fourth-order valence-corrected chi connectivity index (χ4v) is 3.70. The summed E-state index contributed by atoms with van der Waals surface area (Å²) in [5.41, 5.74) is 0. The summed E-state index contributed by atoms with van der Waals surface area (Å²) >= 11 is 0. The number of carbonyl (C=O) groups excluding carboxylic acids is 2. The Morgan fingerprint density at radius 1 is 0.909 bits per heavy atom. The Morgan fingerprint density at radius 2 is 1.55 bits per heavy atom. The number of nitrogens with one attached hydrogen (secondary N) is 1. The summed E-state index contributed by atoms with van der Waals surface area (Å²) < 4.78 is 5.36. The Balaban J connectivity index is 1.47. The van der Waals surface area contributed by atoms with Crippen LogP contribution in [0.4, 0.5) is 0 Å². The van der Waals surface area contributed by atoms with Gasteiger partial charge in [-0.05, 0) is 12.8 Å². The number of hydrogen-bond acceptors (Lipinski definition) is 4. The van der Waals surface area contributed by atoms with Crippen LogP contribution in [0.1, 0.15) is 32.1 Å². The van der Waals surface area contributed by atoms with Gasteiger partial charge in [-0.15, -0.1) is 0 Å². The molecular formula is C16H27N3O3. The van der Waals surface area contributed by atoms with Crippen molar-refractivity contribution in [1.82, 2.24) is 15.1 Å². The summed E-state index contributed by atoms with van der Waals surface area (Å²) in [5.74, 6) is 0.653. The van der Waals surface area contributed by atoms with E-state index in [4.69, 9.17) is 4.74 Å². The first-order valence-electron chi connectivity index (χ1n) is 8.64. The molecule has 0 bridgehead atoms. The molecule has 2 heterocycles. The van der Waals surface area contributed by atoms with Gasteiger partial charge >= 0.3 is 0 Å². The van der Waals surface area contributed by atoms with Crippen molar-refractivity contribution >= 4 is 11.8 Å². The molecular weight excluding hydrogens is 282 g/mol. The van der Waals surface area contributed by atoms with Gasteiger partial charge in [0.15, 0.2) is 0 Å². The molecule has 0 aromatic carbocycles. The van der Waals surface area contributed by atoms with E-state index in [1.54, 1.807) is 0 Å². The van der Waals surface area contributed by atoms with Crippen molar-refractivity contribution in [2.45, 2.75) is 38.1 Å². The van der Waals surface area contributed by atoms with Crippen LogP contribution < -0.4 is 5.32 Å². The van der Waals surface area contributed by atoms with Gasteiger partial charge in [0.2, 0.25) is 11.8 Å². The highest BCUT2D eigenvalue weighted by Crippen LogP contribution is 2.25. The lowest BCUT2D eigenvalue weighted by atomic mass is 9.88. The van der Waals surface area contributed by atoms with Crippen LogP contribution in [0.5, 0.6) is 0 Å². The number of morpholine rings is 1. The monoisotopic (exact) mass is 309 g/mol. The van der Waals surface area contributed by atoms with Crippen LogP contribution in [0.3, 0.4) is 0 Å². The first-order valence-corrected chi connectivity index (χ1v) is 8.64. The molecule has 2 amide bonds. The normalized spacial score (nSPS) is 27.7. The summed E-state index contributed by atoms with van der Waals surface area (Å²) in [5, 5.41) is 3.21. The summed E-state index contributed by atoms with van der Waals surface area (Å²) in [6.07, 6.45) is 5.72. The minimum atomic E-state index is -0.214. The lowest BCUT2D eigenvalue weighted by molar-refractivity contribution is -0.145. The molecule has 1 atom stereocenters. The van der Waals surface area contributed by atoms with Gasteiger partial charge in [0.25, 0.3) is 0 Å². The van der Waals surface area contributed by atoms with Crippen LogP contribution in [0.25, 0.3) is 0 Å². The standard InChI is InChI=1S/C16H27N3O3/c20-15(13-4-2-1-3-5-13)18-7-9-19(10-8-18)16(21)14-12-22-11-6-17-14/h13-14,17H,1-12H2. The summed E-state index contributed by atoms with van der Waals surface area (Å²) in [4.78, 5) is 28.8. The van der Waals surface area contributed by atoms with Gasteiger partial charge in [0.05, 0.1) is 13.2 Å². The van der Waals surface area contributed by atoms with Crippen LogP contribution in [-0.2, 0) is 14.3 Å². The van der Waals surface area contributed by atoms with Crippen LogP contribution in [0.15, 0.2) is 0 Å². The van der Waals surface area contributed by atoms with Crippen molar-refractivity contribution in [2.24, 2.45) is 5.92 Å². The van der Waals surface area contributed by atoms with Gasteiger partial charge in [0.1, 0.15) is 6.04 Å². The lowest BCUT2D eigenvalue weighted by Gasteiger charge is -2.38. The van der Waals surface area contributed by atoms with Crippen molar-refractivity contribution < 1.29 is 14.3 Å². The minimum absolute atomic E-state index is 0.115. The zero-order valence-electron chi connectivity index (χ0n) is 13.3. The average Bonchev–Trinajstić information content (AvgIpc) is 2.62. The van der Waals surface area contributed by atoms with Crippen molar-refractivity contribution in [1.29, 1.82) is 0 Å². The fourth-order valence-electron chi connectivity index (χ4n) is 3.70. The van der Waals surface area contributed by atoms with E-state index in [1.165, 1.54) is 19.3 Å². The largest absolute Gasteiger partial charge is 0.378 e. The molecule has 3 rings (SSSR count). The third kappa shape index (κ3) is 3.60. The van der Waals surface area contributed by atoms with E-state index >= 15 is 0 Å². The topological polar surface area (TPSA) is 61.9 Å². The third-order valence-corrected chi connectivity index (χ3v) is 5.08. The highest BCUT2D eigenvalue weighted by Gasteiger charge is 2.32. The molecule has 0 aromatic heterocycles. The Morgan fingerprint density at radius 3 is 2.14 bits per heavy atom. The minimum Gasteiger partial charge on any atom is -0.378 e. The molecule has 1 aliphatic carbocycles. The summed E-state index contributed by atoms with van der Waals surface area (Å²) in [6.45, 7) is 4.51. The fraction of sp³-hybridized carbons (Fsp3) is 0.875. The zero-order valence-corrected chi connectivity index (χ0v) is 13.3. The van der Waals surface area contributed by atoms with E-state index in [1.807, 2.05) is 9.80 Å². The number of hydrogen-bond donors (Lipinski definition) is 1. The maximum atomic E-state index is 12.5. The number of piperazine rings is 1. The van der Waals surface area contributed by atoms with E-state index in [0.717, 1.165) is 19.4 Å². The Hall–Kier alpha value is -1.14. The van der Waals surface area contributed by atoms with Crippen molar-refractivity contribution in [3.63, 3.8) is 0 Å². The number of ether oxygens (including phenoxy) is 1. The second kappa shape index (κ2) is 7.42. The lowest BCUT2D eigenvalue weighted by Crippen LogP contribution is -2.58. The molecule has 0 radical (unpaired) electrons. The van der Waals surface area contributed by atoms with Crippen LogP contribution in [0.2, 0.25) is 0 Å². The highest BCUT2D eigenvalue weighted by atomic mass is 16.5. The Labute approximate surface area is 132 Å². The smallest absolute Gasteiger partial charge is 0.242 e. The molecule has 0 spiro atoms. The molecule has 6 nitrogen and oxygen atoms in total. The summed E-state index contributed by atoms with van der Waals surface area (Å²) in [7, 11) is 0. The van der Waals surface area contributed by atoms with Crippen molar-refractivity contribution in [3.8, 4) is 0 Å². The van der Waals surface area contributed by atoms with Gasteiger partial charge in [-0.2, -0.15) is 0 Å². The average molecular weight is 309 g/mol. The number of carbonyl (C=O) groups is 2. The maximum absolute atomic E-state index is 12.5. The van der Waals surface area contributed by atoms with E-state index in [9.17, 15) is 9.59 Å². The van der Waals surface area contributed by atoms with Gasteiger partial charge in [0, 0.05) is 38.6 Å². The van der Waals surface area contributed by atoms with Crippen LogP contribution in [0, 0.1) is 5.92 Å². The van der Waals surface area contributed by atoms with Gasteiger partial charge < -0.3 is 19.9 Å². The predicted octanol–water partition coefficient (Wildman–Crippen LogP) is 0.226. The van der Waals surface area contributed by atoms with E-state index in [0.29, 0.717) is 45.3 Å². The Kier molecular flexibility index (Phi) is 5.31. The zero-order chi connectivity index (χ0) is 15.4. The molecule has 124 valence electrons. The second-order valence-corrected chi connectivity index (χ2v) is 6.57. The van der Waals surface area contributed by atoms with Gasteiger partial charge in [-0.1, -0.05) is 19.3 Å². The van der Waals surface area contributed by atoms with E-state index in [-0.39, 0.29) is 17.9 Å². The number of nitrogens with zero attached hydrogens (tertiary/aromatic N) is 2. The molecule has 1 N–H and O–H groups in total. The van der Waals surface area contributed by atoms with E-state index < -0.39 is 0 Å². The molecule has 1 saturated carbocycles. The van der Waals surface area contributed by atoms with Gasteiger partial charge in [-0.3, -0.25) is 9.59 Å². The number of amides is 2. The highest BCUT2D eigenvalue weighted by molar-refractivity contribution is 5.83. The first kappa shape index (κ1) is 15.7. The second-order valence-electron chi connectivity index (χ2n) is 6.57.